The second-order valence-electron chi connectivity index (χ2n) is 7.80. The molecule has 152 valence electrons. The Balaban J connectivity index is 1.49. The maximum atomic E-state index is 5.26. The smallest absolute Gasteiger partial charge is 0.162 e. The number of benzene rings is 2. The number of ether oxygens (including phenoxy) is 1. The van der Waals surface area contributed by atoms with Gasteiger partial charge in [-0.05, 0) is 69.1 Å². The van der Waals surface area contributed by atoms with Gasteiger partial charge in [0.05, 0.1) is 12.6 Å². The third-order valence-electron chi connectivity index (χ3n) is 5.81. The molecule has 2 heterocycles. The fraction of sp³-hybridized carbons (Fsp3) is 0.417. The molecule has 0 saturated carbocycles. The van der Waals surface area contributed by atoms with Crippen LogP contribution >= 0.6 is 0 Å². The Labute approximate surface area is 173 Å². The summed E-state index contributed by atoms with van der Waals surface area (Å²) in [5, 5.41) is 4.64. The normalized spacial score (nSPS) is 17.4. The first kappa shape index (κ1) is 19.6. The number of methoxy groups -OCH3 is 1. The van der Waals surface area contributed by atoms with E-state index in [9.17, 15) is 0 Å². The van der Waals surface area contributed by atoms with Crippen molar-refractivity contribution in [1.29, 1.82) is 0 Å². The molecule has 0 unspecified atom stereocenters. The molecule has 0 radical (unpaired) electrons. The second kappa shape index (κ2) is 9.23. The number of anilines is 1. The van der Waals surface area contributed by atoms with Crippen LogP contribution in [-0.2, 0) is 0 Å². The van der Waals surface area contributed by atoms with Crippen molar-refractivity contribution in [2.45, 2.75) is 38.6 Å². The number of aromatic nitrogens is 2. The van der Waals surface area contributed by atoms with Gasteiger partial charge in [0.15, 0.2) is 5.82 Å². The van der Waals surface area contributed by atoms with E-state index in [1.807, 2.05) is 42.5 Å². The molecule has 5 heteroatoms. The van der Waals surface area contributed by atoms with E-state index < -0.39 is 0 Å². The lowest BCUT2D eigenvalue weighted by atomic mass is 10.0. The van der Waals surface area contributed by atoms with Crippen LogP contribution in [0.25, 0.3) is 22.3 Å². The number of fused-ring (bicyclic) bond motifs is 1. The second-order valence-corrected chi connectivity index (χ2v) is 7.80. The molecule has 3 aromatic rings. The first-order chi connectivity index (χ1) is 14.2. The number of nitrogens with zero attached hydrogens (tertiary/aromatic N) is 3. The van der Waals surface area contributed by atoms with Crippen LogP contribution in [0.15, 0.2) is 48.5 Å². The SMILES string of the molecule is COc1ccc(-c2nc(NCCCN3CCCC[C@@H]3C)c3ccccc3n2)cc1. The summed E-state index contributed by atoms with van der Waals surface area (Å²) in [6.07, 6.45) is 5.15. The van der Waals surface area contributed by atoms with Crippen molar-refractivity contribution in [3.05, 3.63) is 48.5 Å². The molecule has 1 atom stereocenters. The molecule has 1 N–H and O–H groups in total. The number of hydrogen-bond acceptors (Lipinski definition) is 5. The predicted molar refractivity (Wildman–Crippen MR) is 120 cm³/mol. The highest BCUT2D eigenvalue weighted by molar-refractivity contribution is 5.90. The average molecular weight is 391 g/mol. The number of piperidine rings is 1. The molecule has 29 heavy (non-hydrogen) atoms. The summed E-state index contributed by atoms with van der Waals surface area (Å²) in [6, 6.07) is 16.8. The van der Waals surface area contributed by atoms with Crippen molar-refractivity contribution < 1.29 is 4.74 Å². The first-order valence-corrected chi connectivity index (χ1v) is 10.6. The minimum Gasteiger partial charge on any atom is -0.497 e. The summed E-state index contributed by atoms with van der Waals surface area (Å²) < 4.78 is 5.26. The third-order valence-corrected chi connectivity index (χ3v) is 5.81. The van der Waals surface area contributed by atoms with Crippen LogP contribution in [0.5, 0.6) is 5.75 Å². The highest BCUT2D eigenvalue weighted by atomic mass is 16.5. The van der Waals surface area contributed by atoms with Gasteiger partial charge in [-0.15, -0.1) is 0 Å². The average Bonchev–Trinajstić information content (AvgIpc) is 2.77. The molecule has 0 spiro atoms. The topological polar surface area (TPSA) is 50.3 Å². The Morgan fingerprint density at radius 1 is 1.07 bits per heavy atom. The van der Waals surface area contributed by atoms with Crippen molar-refractivity contribution in [2.24, 2.45) is 0 Å². The summed E-state index contributed by atoms with van der Waals surface area (Å²) in [4.78, 5) is 12.2. The predicted octanol–water partition coefficient (Wildman–Crippen LogP) is 4.98. The van der Waals surface area contributed by atoms with Crippen LogP contribution in [0.4, 0.5) is 5.82 Å². The zero-order valence-corrected chi connectivity index (χ0v) is 17.4. The van der Waals surface area contributed by atoms with Crippen LogP contribution in [0, 0.1) is 0 Å². The van der Waals surface area contributed by atoms with Gasteiger partial charge in [-0.3, -0.25) is 0 Å². The quantitative estimate of drug-likeness (QED) is 0.577. The van der Waals surface area contributed by atoms with E-state index in [4.69, 9.17) is 14.7 Å². The number of para-hydroxylation sites is 1. The van der Waals surface area contributed by atoms with Crippen molar-refractivity contribution in [1.82, 2.24) is 14.9 Å². The van der Waals surface area contributed by atoms with Gasteiger partial charge in [0.1, 0.15) is 11.6 Å². The highest BCUT2D eigenvalue weighted by Gasteiger charge is 2.17. The molecule has 0 bridgehead atoms. The largest absolute Gasteiger partial charge is 0.497 e. The molecule has 1 aliphatic heterocycles. The molecular weight excluding hydrogens is 360 g/mol. The van der Waals surface area contributed by atoms with E-state index in [2.05, 4.69) is 23.2 Å². The van der Waals surface area contributed by atoms with Crippen LogP contribution < -0.4 is 10.1 Å². The molecular formula is C24H30N4O. The molecule has 1 saturated heterocycles. The van der Waals surface area contributed by atoms with E-state index in [1.165, 1.54) is 25.8 Å². The summed E-state index contributed by atoms with van der Waals surface area (Å²) in [5.41, 5.74) is 1.95. The molecule has 0 aliphatic carbocycles. The van der Waals surface area contributed by atoms with Crippen LogP contribution in [0.1, 0.15) is 32.6 Å². The van der Waals surface area contributed by atoms with Crippen molar-refractivity contribution >= 4 is 16.7 Å². The zero-order valence-electron chi connectivity index (χ0n) is 17.4. The van der Waals surface area contributed by atoms with Crippen molar-refractivity contribution in [3.8, 4) is 17.1 Å². The summed E-state index contributed by atoms with van der Waals surface area (Å²) in [7, 11) is 1.67. The standard InChI is InChI=1S/C24H30N4O/c1-18-8-5-6-16-28(18)17-7-15-25-24-21-9-3-4-10-22(21)26-23(27-24)19-11-13-20(29-2)14-12-19/h3-4,9-14,18H,5-8,15-17H2,1-2H3,(H,25,26,27)/t18-/m0/s1. The van der Waals surface area contributed by atoms with Crippen LogP contribution in [0.2, 0.25) is 0 Å². The molecule has 5 nitrogen and oxygen atoms in total. The van der Waals surface area contributed by atoms with E-state index in [1.54, 1.807) is 7.11 Å². The van der Waals surface area contributed by atoms with E-state index in [0.29, 0.717) is 6.04 Å². The fourth-order valence-electron chi connectivity index (χ4n) is 4.06. The maximum absolute atomic E-state index is 5.26. The minimum absolute atomic E-state index is 0.713. The Morgan fingerprint density at radius 2 is 1.90 bits per heavy atom. The summed E-state index contributed by atoms with van der Waals surface area (Å²) in [5.74, 6) is 2.48. The molecule has 1 fully saturated rings. The lowest BCUT2D eigenvalue weighted by Gasteiger charge is -2.33. The van der Waals surface area contributed by atoms with Crippen LogP contribution in [-0.4, -0.2) is 47.7 Å². The zero-order chi connectivity index (χ0) is 20.1. The lowest BCUT2D eigenvalue weighted by molar-refractivity contribution is 0.160. The van der Waals surface area contributed by atoms with E-state index in [-0.39, 0.29) is 0 Å². The maximum Gasteiger partial charge on any atom is 0.162 e. The number of rotatable bonds is 7. The van der Waals surface area contributed by atoms with Gasteiger partial charge >= 0.3 is 0 Å². The summed E-state index contributed by atoms with van der Waals surface area (Å²) >= 11 is 0. The van der Waals surface area contributed by atoms with E-state index in [0.717, 1.165) is 53.4 Å². The molecule has 1 aromatic heterocycles. The van der Waals surface area contributed by atoms with Gasteiger partial charge in [-0.2, -0.15) is 0 Å². The molecule has 0 amide bonds. The Hall–Kier alpha value is -2.66. The molecule has 2 aromatic carbocycles. The Bertz CT molecular complexity index is 941. The Morgan fingerprint density at radius 3 is 2.69 bits per heavy atom. The van der Waals surface area contributed by atoms with E-state index >= 15 is 0 Å². The summed E-state index contributed by atoms with van der Waals surface area (Å²) in [6.45, 7) is 5.64. The number of hydrogen-bond donors (Lipinski definition) is 1. The van der Waals surface area contributed by atoms with Gasteiger partial charge < -0.3 is 15.0 Å². The first-order valence-electron chi connectivity index (χ1n) is 10.6. The van der Waals surface area contributed by atoms with Crippen LogP contribution in [0.3, 0.4) is 0 Å². The Kier molecular flexibility index (Phi) is 6.25. The minimum atomic E-state index is 0.713. The van der Waals surface area contributed by atoms with Gasteiger partial charge in [-0.25, -0.2) is 9.97 Å². The number of nitrogens with one attached hydrogen (secondary N) is 1. The van der Waals surface area contributed by atoms with Crippen molar-refractivity contribution in [3.63, 3.8) is 0 Å². The highest BCUT2D eigenvalue weighted by Crippen LogP contribution is 2.26. The number of likely N-dealkylation sites (tertiary alicyclic amines) is 1. The third kappa shape index (κ3) is 4.67. The van der Waals surface area contributed by atoms with Crippen molar-refractivity contribution in [2.75, 3.05) is 32.1 Å². The molecule has 4 rings (SSSR count). The molecule has 1 aliphatic rings. The fourth-order valence-corrected chi connectivity index (χ4v) is 4.06. The lowest BCUT2D eigenvalue weighted by Crippen LogP contribution is -2.38. The van der Waals surface area contributed by atoms with Gasteiger partial charge in [0, 0.05) is 30.1 Å². The van der Waals surface area contributed by atoms with Gasteiger partial charge in [-0.1, -0.05) is 18.6 Å². The van der Waals surface area contributed by atoms with Gasteiger partial charge in [0.25, 0.3) is 0 Å². The monoisotopic (exact) mass is 390 g/mol. The van der Waals surface area contributed by atoms with Gasteiger partial charge in [0.2, 0.25) is 0 Å².